The van der Waals surface area contributed by atoms with Gasteiger partial charge < -0.3 is 4.57 Å². The van der Waals surface area contributed by atoms with Gasteiger partial charge in [0.25, 0.3) is 0 Å². The summed E-state index contributed by atoms with van der Waals surface area (Å²) in [4.78, 5) is 0. The quantitative estimate of drug-likeness (QED) is 0.580. The van der Waals surface area contributed by atoms with Crippen molar-refractivity contribution in [1.29, 1.82) is 0 Å². The Hall–Kier alpha value is -0.980. The van der Waals surface area contributed by atoms with Crippen LogP contribution in [0.25, 0.3) is 0 Å². The van der Waals surface area contributed by atoms with Gasteiger partial charge in [0.1, 0.15) is 0 Å². The van der Waals surface area contributed by atoms with Crippen LogP contribution in [0.1, 0.15) is 25.8 Å². The Balaban J connectivity index is 2.63. The molecule has 0 radical (unpaired) electrons. The molecule has 0 aliphatic rings. The Morgan fingerprint density at radius 2 is 2.09 bits per heavy atom. The molecule has 1 aromatic rings. The van der Waals surface area contributed by atoms with Crippen LogP contribution in [0, 0.1) is 0 Å². The second-order valence-corrected chi connectivity index (χ2v) is 2.72. The molecule has 0 saturated heterocycles. The van der Waals surface area contributed by atoms with Crippen molar-refractivity contribution in [2.75, 3.05) is 0 Å². The number of hydrogen-bond donors (Lipinski definition) is 0. The SMILES string of the molecule is C=C[C@@H](CCC)n1cccc1. The summed E-state index contributed by atoms with van der Waals surface area (Å²) in [7, 11) is 0. The Bertz CT molecular complexity index is 199. The first kappa shape index (κ1) is 8.12. The summed E-state index contributed by atoms with van der Waals surface area (Å²) >= 11 is 0. The summed E-state index contributed by atoms with van der Waals surface area (Å²) in [5.41, 5.74) is 0. The molecule has 0 unspecified atom stereocenters. The maximum absolute atomic E-state index is 3.81. The monoisotopic (exact) mass is 149 g/mol. The maximum Gasteiger partial charge on any atom is 0.0507 e. The zero-order valence-corrected chi connectivity index (χ0v) is 7.03. The molecular formula is C10H15N. The average Bonchev–Trinajstić information content (AvgIpc) is 2.52. The topological polar surface area (TPSA) is 4.93 Å². The molecule has 0 saturated carbocycles. The Morgan fingerprint density at radius 3 is 2.55 bits per heavy atom. The van der Waals surface area contributed by atoms with Gasteiger partial charge in [-0.15, -0.1) is 6.58 Å². The van der Waals surface area contributed by atoms with E-state index in [1.807, 2.05) is 18.2 Å². The van der Waals surface area contributed by atoms with E-state index in [1.165, 1.54) is 12.8 Å². The summed E-state index contributed by atoms with van der Waals surface area (Å²) in [5.74, 6) is 0. The summed E-state index contributed by atoms with van der Waals surface area (Å²) in [6.07, 6.45) is 8.56. The van der Waals surface area contributed by atoms with Crippen LogP contribution in [0.2, 0.25) is 0 Å². The average molecular weight is 149 g/mol. The van der Waals surface area contributed by atoms with Gasteiger partial charge in [0.15, 0.2) is 0 Å². The Morgan fingerprint density at radius 1 is 1.45 bits per heavy atom. The van der Waals surface area contributed by atoms with Gasteiger partial charge >= 0.3 is 0 Å². The molecule has 11 heavy (non-hydrogen) atoms. The molecule has 0 aromatic carbocycles. The first-order valence-corrected chi connectivity index (χ1v) is 4.13. The van der Waals surface area contributed by atoms with Crippen molar-refractivity contribution in [3.63, 3.8) is 0 Å². The van der Waals surface area contributed by atoms with E-state index in [-0.39, 0.29) is 0 Å². The lowest BCUT2D eigenvalue weighted by molar-refractivity contribution is 0.553. The summed E-state index contributed by atoms with van der Waals surface area (Å²) < 4.78 is 2.19. The fourth-order valence-electron chi connectivity index (χ4n) is 1.25. The van der Waals surface area contributed by atoms with Crippen molar-refractivity contribution >= 4 is 0 Å². The molecule has 0 bridgehead atoms. The van der Waals surface area contributed by atoms with Gasteiger partial charge in [-0.05, 0) is 18.6 Å². The minimum atomic E-state index is 0.481. The molecule has 0 fully saturated rings. The standard InChI is InChI=1S/C10H15N/c1-3-7-10(4-2)11-8-5-6-9-11/h4-6,8-10H,2-3,7H2,1H3/t10-/m0/s1. The molecular weight excluding hydrogens is 134 g/mol. The third-order valence-electron chi connectivity index (χ3n) is 1.87. The number of aromatic nitrogens is 1. The highest BCUT2D eigenvalue weighted by atomic mass is 15.0. The van der Waals surface area contributed by atoms with Crippen LogP contribution >= 0.6 is 0 Å². The summed E-state index contributed by atoms with van der Waals surface area (Å²) in [5, 5.41) is 0. The van der Waals surface area contributed by atoms with Crippen LogP contribution in [-0.4, -0.2) is 4.57 Å². The maximum atomic E-state index is 3.81. The molecule has 1 heterocycles. The van der Waals surface area contributed by atoms with E-state index in [0.717, 1.165) is 0 Å². The van der Waals surface area contributed by atoms with Gasteiger partial charge in [0.2, 0.25) is 0 Å². The van der Waals surface area contributed by atoms with Crippen molar-refractivity contribution in [1.82, 2.24) is 4.57 Å². The van der Waals surface area contributed by atoms with Gasteiger partial charge in [-0.25, -0.2) is 0 Å². The molecule has 1 heteroatoms. The first-order chi connectivity index (χ1) is 5.38. The van der Waals surface area contributed by atoms with Crippen molar-refractivity contribution in [3.8, 4) is 0 Å². The van der Waals surface area contributed by atoms with Crippen LogP contribution in [0.15, 0.2) is 37.2 Å². The predicted molar refractivity (Wildman–Crippen MR) is 48.6 cm³/mol. The minimum Gasteiger partial charge on any atom is -0.348 e. The zero-order valence-electron chi connectivity index (χ0n) is 7.03. The Kier molecular flexibility index (Phi) is 2.96. The fourth-order valence-corrected chi connectivity index (χ4v) is 1.25. The predicted octanol–water partition coefficient (Wildman–Crippen LogP) is 3.02. The van der Waals surface area contributed by atoms with Gasteiger partial charge in [0.05, 0.1) is 6.04 Å². The van der Waals surface area contributed by atoms with Crippen molar-refractivity contribution < 1.29 is 0 Å². The molecule has 0 spiro atoms. The summed E-state index contributed by atoms with van der Waals surface area (Å²) in [6.45, 7) is 6.01. The molecule has 0 amide bonds. The van der Waals surface area contributed by atoms with Crippen molar-refractivity contribution in [2.24, 2.45) is 0 Å². The van der Waals surface area contributed by atoms with Crippen LogP contribution in [-0.2, 0) is 0 Å². The van der Waals surface area contributed by atoms with Gasteiger partial charge in [0, 0.05) is 12.4 Å². The first-order valence-electron chi connectivity index (χ1n) is 4.13. The van der Waals surface area contributed by atoms with Crippen molar-refractivity contribution in [2.45, 2.75) is 25.8 Å². The van der Waals surface area contributed by atoms with E-state index in [1.54, 1.807) is 0 Å². The zero-order chi connectivity index (χ0) is 8.10. The minimum absolute atomic E-state index is 0.481. The molecule has 1 nitrogen and oxygen atoms in total. The van der Waals surface area contributed by atoms with Gasteiger partial charge in [-0.3, -0.25) is 0 Å². The molecule has 60 valence electrons. The van der Waals surface area contributed by atoms with Crippen LogP contribution in [0.5, 0.6) is 0 Å². The van der Waals surface area contributed by atoms with E-state index in [9.17, 15) is 0 Å². The largest absolute Gasteiger partial charge is 0.348 e. The highest BCUT2D eigenvalue weighted by Gasteiger charge is 2.01. The van der Waals surface area contributed by atoms with E-state index in [4.69, 9.17) is 0 Å². The molecule has 1 rings (SSSR count). The molecule has 0 N–H and O–H groups in total. The third kappa shape index (κ3) is 1.97. The lowest BCUT2D eigenvalue weighted by Crippen LogP contribution is -2.02. The smallest absolute Gasteiger partial charge is 0.0507 e. The van der Waals surface area contributed by atoms with Gasteiger partial charge in [-0.1, -0.05) is 19.4 Å². The lowest BCUT2D eigenvalue weighted by Gasteiger charge is -2.12. The highest BCUT2D eigenvalue weighted by Crippen LogP contribution is 2.14. The lowest BCUT2D eigenvalue weighted by atomic mass is 10.2. The number of rotatable bonds is 4. The molecule has 1 atom stereocenters. The van der Waals surface area contributed by atoms with E-state index in [2.05, 4.69) is 30.5 Å². The third-order valence-corrected chi connectivity index (χ3v) is 1.87. The van der Waals surface area contributed by atoms with E-state index >= 15 is 0 Å². The normalized spacial score (nSPS) is 12.8. The van der Waals surface area contributed by atoms with Crippen LogP contribution < -0.4 is 0 Å². The number of nitrogens with zero attached hydrogens (tertiary/aromatic N) is 1. The molecule has 1 aromatic heterocycles. The van der Waals surface area contributed by atoms with E-state index in [0.29, 0.717) is 6.04 Å². The van der Waals surface area contributed by atoms with Crippen LogP contribution in [0.3, 0.4) is 0 Å². The summed E-state index contributed by atoms with van der Waals surface area (Å²) in [6, 6.07) is 4.58. The fraction of sp³-hybridized carbons (Fsp3) is 0.400. The molecule has 0 aliphatic carbocycles. The highest BCUT2D eigenvalue weighted by molar-refractivity contribution is 4.97. The van der Waals surface area contributed by atoms with E-state index < -0.39 is 0 Å². The number of allylic oxidation sites excluding steroid dienone is 1. The van der Waals surface area contributed by atoms with Crippen LogP contribution in [0.4, 0.5) is 0 Å². The molecule has 0 aliphatic heterocycles. The Labute approximate surface area is 68.4 Å². The second kappa shape index (κ2) is 4.02. The van der Waals surface area contributed by atoms with Gasteiger partial charge in [-0.2, -0.15) is 0 Å². The second-order valence-electron chi connectivity index (χ2n) is 2.72. The number of hydrogen-bond acceptors (Lipinski definition) is 0. The van der Waals surface area contributed by atoms with Crippen molar-refractivity contribution in [3.05, 3.63) is 37.2 Å².